The molecular weight excluding hydrogens is 298 g/mol. The molecule has 1 aromatic carbocycles. The van der Waals surface area contributed by atoms with Gasteiger partial charge in [0.15, 0.2) is 5.69 Å². The second kappa shape index (κ2) is 5.59. The summed E-state index contributed by atoms with van der Waals surface area (Å²) in [6.45, 7) is 0. The molecule has 1 amide bonds. The van der Waals surface area contributed by atoms with Crippen molar-refractivity contribution in [3.63, 3.8) is 0 Å². The summed E-state index contributed by atoms with van der Waals surface area (Å²) >= 11 is 3.37. The van der Waals surface area contributed by atoms with Crippen LogP contribution in [0.25, 0.3) is 0 Å². The maximum atomic E-state index is 11.3. The van der Waals surface area contributed by atoms with Gasteiger partial charge in [0.1, 0.15) is 5.75 Å². The van der Waals surface area contributed by atoms with Crippen LogP contribution in [0.15, 0.2) is 40.9 Å². The Kier molecular flexibility index (Phi) is 3.88. The van der Waals surface area contributed by atoms with Crippen molar-refractivity contribution in [3.8, 4) is 11.6 Å². The van der Waals surface area contributed by atoms with E-state index in [1.54, 1.807) is 18.2 Å². The summed E-state index contributed by atoms with van der Waals surface area (Å²) in [5, 5.41) is 10.1. The number of ether oxygens (including phenoxy) is 1. The first kappa shape index (κ1) is 12.5. The van der Waals surface area contributed by atoms with Gasteiger partial charge in [0.2, 0.25) is 5.88 Å². The number of carbonyl (C=O) groups is 1. The maximum Gasteiger partial charge on any atom is 0.271 e. The minimum absolute atomic E-state index is 0.247. The molecule has 0 aliphatic carbocycles. The highest BCUT2D eigenvalue weighted by atomic mass is 79.9. The van der Waals surface area contributed by atoms with Gasteiger partial charge in [-0.3, -0.25) is 4.79 Å². The van der Waals surface area contributed by atoms with Crippen LogP contribution in [-0.4, -0.2) is 23.2 Å². The molecule has 0 aliphatic heterocycles. The van der Waals surface area contributed by atoms with Crippen molar-refractivity contribution in [3.05, 3.63) is 46.6 Å². The largest absolute Gasteiger partial charge is 0.436 e. The zero-order valence-electron chi connectivity index (χ0n) is 9.55. The van der Waals surface area contributed by atoms with Crippen LogP contribution >= 0.6 is 15.9 Å². The van der Waals surface area contributed by atoms with E-state index in [0.29, 0.717) is 11.6 Å². The van der Waals surface area contributed by atoms with Crippen LogP contribution in [0.4, 0.5) is 0 Å². The lowest BCUT2D eigenvalue weighted by atomic mass is 10.3. The number of rotatable bonds is 3. The zero-order chi connectivity index (χ0) is 13.0. The van der Waals surface area contributed by atoms with Gasteiger partial charge in [-0.05, 0) is 34.1 Å². The Labute approximate surface area is 112 Å². The van der Waals surface area contributed by atoms with E-state index in [9.17, 15) is 4.79 Å². The van der Waals surface area contributed by atoms with Crippen LogP contribution in [0.5, 0.6) is 11.6 Å². The summed E-state index contributed by atoms with van der Waals surface area (Å²) in [5.41, 5.74) is 0.247. The lowest BCUT2D eigenvalue weighted by molar-refractivity contribution is 0.0957. The zero-order valence-corrected chi connectivity index (χ0v) is 11.1. The standard InChI is InChI=1S/C12H10BrN3O2/c1-14-12(17)9-6-7-11(16-15-9)18-10-5-3-2-4-8(10)13/h2-7H,1H3,(H,14,17). The van der Waals surface area contributed by atoms with Crippen molar-refractivity contribution < 1.29 is 9.53 Å². The van der Waals surface area contributed by atoms with Gasteiger partial charge in [-0.15, -0.1) is 10.2 Å². The van der Waals surface area contributed by atoms with Gasteiger partial charge >= 0.3 is 0 Å². The lowest BCUT2D eigenvalue weighted by Crippen LogP contribution is -2.19. The predicted octanol–water partition coefficient (Wildman–Crippen LogP) is 2.39. The molecule has 6 heteroatoms. The summed E-state index contributed by atoms with van der Waals surface area (Å²) in [5.74, 6) is 0.684. The number of nitrogens with one attached hydrogen (secondary N) is 1. The number of amides is 1. The smallest absolute Gasteiger partial charge is 0.271 e. The molecule has 0 radical (unpaired) electrons. The third-order valence-corrected chi connectivity index (χ3v) is 2.81. The normalized spacial score (nSPS) is 9.89. The Hall–Kier alpha value is -1.95. The number of hydrogen-bond acceptors (Lipinski definition) is 4. The van der Waals surface area contributed by atoms with Gasteiger partial charge in [0, 0.05) is 13.1 Å². The van der Waals surface area contributed by atoms with E-state index < -0.39 is 0 Å². The van der Waals surface area contributed by atoms with Gasteiger partial charge in [0.05, 0.1) is 4.47 Å². The first-order valence-corrected chi connectivity index (χ1v) is 5.98. The van der Waals surface area contributed by atoms with Crippen molar-refractivity contribution in [1.29, 1.82) is 0 Å². The summed E-state index contributed by atoms with van der Waals surface area (Å²) in [4.78, 5) is 11.3. The highest BCUT2D eigenvalue weighted by Gasteiger charge is 2.07. The number of para-hydroxylation sites is 1. The van der Waals surface area contributed by atoms with E-state index in [1.165, 1.54) is 7.05 Å². The maximum absolute atomic E-state index is 11.3. The molecule has 0 fully saturated rings. The van der Waals surface area contributed by atoms with E-state index in [4.69, 9.17) is 4.74 Å². The Morgan fingerprint density at radius 1 is 1.22 bits per heavy atom. The second-order valence-corrected chi connectivity index (χ2v) is 4.22. The number of carbonyl (C=O) groups excluding carboxylic acids is 1. The van der Waals surface area contributed by atoms with Gasteiger partial charge in [-0.25, -0.2) is 0 Å². The Bertz CT molecular complexity index is 558. The highest BCUT2D eigenvalue weighted by molar-refractivity contribution is 9.10. The molecule has 1 N–H and O–H groups in total. The molecule has 92 valence electrons. The molecule has 5 nitrogen and oxygen atoms in total. The lowest BCUT2D eigenvalue weighted by Gasteiger charge is -2.05. The monoisotopic (exact) mass is 307 g/mol. The van der Waals surface area contributed by atoms with E-state index in [1.807, 2.05) is 18.2 Å². The van der Waals surface area contributed by atoms with Crippen LogP contribution in [0.2, 0.25) is 0 Å². The Morgan fingerprint density at radius 2 is 2.00 bits per heavy atom. The molecule has 18 heavy (non-hydrogen) atoms. The molecule has 2 aromatic rings. The average Bonchev–Trinajstić information content (AvgIpc) is 2.41. The fourth-order valence-corrected chi connectivity index (χ4v) is 1.63. The van der Waals surface area contributed by atoms with E-state index in [-0.39, 0.29) is 11.6 Å². The van der Waals surface area contributed by atoms with E-state index in [2.05, 4.69) is 31.4 Å². The Morgan fingerprint density at radius 3 is 2.61 bits per heavy atom. The van der Waals surface area contributed by atoms with Crippen LogP contribution in [0.3, 0.4) is 0 Å². The van der Waals surface area contributed by atoms with Crippen molar-refractivity contribution in [2.75, 3.05) is 7.05 Å². The average molecular weight is 308 g/mol. The SMILES string of the molecule is CNC(=O)c1ccc(Oc2ccccc2Br)nn1. The fraction of sp³-hybridized carbons (Fsp3) is 0.0833. The summed E-state index contributed by atoms with van der Waals surface area (Å²) < 4.78 is 6.35. The quantitative estimate of drug-likeness (QED) is 0.945. The van der Waals surface area contributed by atoms with Crippen molar-refractivity contribution in [2.45, 2.75) is 0 Å². The molecule has 2 rings (SSSR count). The third kappa shape index (κ3) is 2.84. The number of aromatic nitrogens is 2. The molecule has 0 spiro atoms. The van der Waals surface area contributed by atoms with Crippen LogP contribution < -0.4 is 10.1 Å². The minimum atomic E-state index is -0.282. The van der Waals surface area contributed by atoms with Crippen molar-refractivity contribution in [1.82, 2.24) is 15.5 Å². The molecule has 0 aliphatic rings. The number of benzene rings is 1. The van der Waals surface area contributed by atoms with Gasteiger partial charge in [0.25, 0.3) is 5.91 Å². The van der Waals surface area contributed by atoms with E-state index >= 15 is 0 Å². The number of halogens is 1. The summed E-state index contributed by atoms with van der Waals surface area (Å²) in [6, 6.07) is 10.6. The first-order valence-electron chi connectivity index (χ1n) is 5.19. The molecule has 1 heterocycles. The topological polar surface area (TPSA) is 64.1 Å². The molecule has 1 aromatic heterocycles. The van der Waals surface area contributed by atoms with Crippen molar-refractivity contribution >= 4 is 21.8 Å². The van der Waals surface area contributed by atoms with Crippen molar-refractivity contribution in [2.24, 2.45) is 0 Å². The molecular formula is C12H10BrN3O2. The minimum Gasteiger partial charge on any atom is -0.436 e. The second-order valence-electron chi connectivity index (χ2n) is 3.37. The summed E-state index contributed by atoms with van der Waals surface area (Å²) in [7, 11) is 1.54. The van der Waals surface area contributed by atoms with Crippen LogP contribution in [-0.2, 0) is 0 Å². The van der Waals surface area contributed by atoms with Crippen LogP contribution in [0.1, 0.15) is 10.5 Å². The molecule has 0 unspecified atom stereocenters. The fourth-order valence-electron chi connectivity index (χ4n) is 1.26. The highest BCUT2D eigenvalue weighted by Crippen LogP contribution is 2.27. The third-order valence-electron chi connectivity index (χ3n) is 2.15. The predicted molar refractivity (Wildman–Crippen MR) is 69.6 cm³/mol. The molecule has 0 saturated heterocycles. The summed E-state index contributed by atoms with van der Waals surface area (Å²) in [6.07, 6.45) is 0. The Balaban J connectivity index is 2.16. The molecule has 0 atom stereocenters. The first-order chi connectivity index (χ1) is 8.70. The van der Waals surface area contributed by atoms with Crippen LogP contribution in [0, 0.1) is 0 Å². The van der Waals surface area contributed by atoms with E-state index in [0.717, 1.165) is 4.47 Å². The van der Waals surface area contributed by atoms with Gasteiger partial charge in [-0.2, -0.15) is 0 Å². The van der Waals surface area contributed by atoms with Gasteiger partial charge in [-0.1, -0.05) is 12.1 Å². The number of nitrogens with zero attached hydrogens (tertiary/aromatic N) is 2. The van der Waals surface area contributed by atoms with Gasteiger partial charge < -0.3 is 10.1 Å². The molecule has 0 bridgehead atoms. The number of hydrogen-bond donors (Lipinski definition) is 1. The molecule has 0 saturated carbocycles.